The first-order valence-electron chi connectivity index (χ1n) is 5.04. The molecule has 0 heterocycles. The Morgan fingerprint density at radius 2 is 2.00 bits per heavy atom. The van der Waals surface area contributed by atoms with Crippen molar-refractivity contribution in [2.24, 2.45) is 11.7 Å². The Labute approximate surface area is 84.1 Å². The predicted molar refractivity (Wildman–Crippen MR) is 56.2 cm³/mol. The van der Waals surface area contributed by atoms with Crippen LogP contribution in [0, 0.1) is 12.8 Å². The normalized spacial score (nSPS) is 25.6. The molecule has 0 saturated heterocycles. The number of ketones is 1. The summed E-state index contributed by atoms with van der Waals surface area (Å²) in [7, 11) is 0. The zero-order valence-electron chi connectivity index (χ0n) is 8.36. The van der Waals surface area contributed by atoms with Crippen LogP contribution in [0.15, 0.2) is 24.3 Å². The lowest BCUT2D eigenvalue weighted by molar-refractivity contribution is 0.0832. The molecule has 0 unspecified atom stereocenters. The maximum absolute atomic E-state index is 11.9. The summed E-state index contributed by atoms with van der Waals surface area (Å²) < 4.78 is 0. The molecule has 2 N–H and O–H groups in total. The average Bonchev–Trinajstić information content (AvgIpc) is 2.13. The van der Waals surface area contributed by atoms with Crippen molar-refractivity contribution in [3.05, 3.63) is 35.4 Å². The minimum absolute atomic E-state index is 0.172. The number of hydrogen-bond donors (Lipinski definition) is 1. The molecule has 0 amide bonds. The van der Waals surface area contributed by atoms with Gasteiger partial charge in [0.05, 0.1) is 0 Å². The van der Waals surface area contributed by atoms with Crippen LogP contribution in [0.4, 0.5) is 0 Å². The molecule has 1 fully saturated rings. The van der Waals surface area contributed by atoms with Gasteiger partial charge in [0.15, 0.2) is 5.78 Å². The summed E-state index contributed by atoms with van der Waals surface area (Å²) in [6.45, 7) is 1.98. The number of aryl methyl sites for hydroxylation is 1. The topological polar surface area (TPSA) is 43.1 Å². The highest BCUT2D eigenvalue weighted by atomic mass is 16.1. The summed E-state index contributed by atoms with van der Waals surface area (Å²) >= 11 is 0. The van der Waals surface area contributed by atoms with Crippen molar-refractivity contribution in [1.82, 2.24) is 0 Å². The Bertz CT molecular complexity index is 353. The summed E-state index contributed by atoms with van der Waals surface area (Å²) in [5.74, 6) is 0.441. The van der Waals surface area contributed by atoms with Gasteiger partial charge in [-0.05, 0) is 25.3 Å². The van der Waals surface area contributed by atoms with Crippen molar-refractivity contribution in [2.45, 2.75) is 25.8 Å². The average molecular weight is 189 g/mol. The summed E-state index contributed by atoms with van der Waals surface area (Å²) in [6, 6.07) is 8.00. The summed E-state index contributed by atoms with van der Waals surface area (Å²) in [4.78, 5) is 11.9. The maximum atomic E-state index is 11.9. The van der Waals surface area contributed by atoms with Crippen LogP contribution in [-0.2, 0) is 0 Å². The van der Waals surface area contributed by atoms with Gasteiger partial charge in [0.25, 0.3) is 0 Å². The van der Waals surface area contributed by atoms with E-state index in [0.717, 1.165) is 24.0 Å². The van der Waals surface area contributed by atoms with E-state index >= 15 is 0 Å². The zero-order chi connectivity index (χ0) is 10.1. The van der Waals surface area contributed by atoms with Crippen LogP contribution >= 0.6 is 0 Å². The van der Waals surface area contributed by atoms with Gasteiger partial charge in [-0.25, -0.2) is 0 Å². The van der Waals surface area contributed by atoms with E-state index in [4.69, 9.17) is 5.73 Å². The number of Topliss-reactive ketones (excluding diaryl/α,β-unsaturated/α-hetero) is 1. The van der Waals surface area contributed by atoms with Crippen molar-refractivity contribution in [3.63, 3.8) is 0 Å². The molecular weight excluding hydrogens is 174 g/mol. The van der Waals surface area contributed by atoms with E-state index in [1.807, 2.05) is 31.2 Å². The van der Waals surface area contributed by atoms with Gasteiger partial charge in [0, 0.05) is 17.5 Å². The third kappa shape index (κ3) is 1.58. The maximum Gasteiger partial charge on any atom is 0.166 e. The van der Waals surface area contributed by atoms with Crippen LogP contribution in [0.5, 0.6) is 0 Å². The fourth-order valence-electron chi connectivity index (χ4n) is 1.95. The van der Waals surface area contributed by atoms with Crippen LogP contribution in [0.2, 0.25) is 0 Å². The molecule has 74 valence electrons. The van der Waals surface area contributed by atoms with Crippen LogP contribution in [0.25, 0.3) is 0 Å². The predicted octanol–water partition coefficient (Wildman–Crippen LogP) is 1.92. The first kappa shape index (κ1) is 9.41. The van der Waals surface area contributed by atoms with Gasteiger partial charge in [-0.3, -0.25) is 4.79 Å². The quantitative estimate of drug-likeness (QED) is 0.722. The fraction of sp³-hybridized carbons (Fsp3) is 0.417. The van der Waals surface area contributed by atoms with Gasteiger partial charge < -0.3 is 5.73 Å². The summed E-state index contributed by atoms with van der Waals surface area (Å²) in [6.07, 6.45) is 1.71. The highest BCUT2D eigenvalue weighted by Crippen LogP contribution is 2.29. The molecule has 1 aromatic carbocycles. The smallest absolute Gasteiger partial charge is 0.166 e. The van der Waals surface area contributed by atoms with Gasteiger partial charge in [-0.15, -0.1) is 0 Å². The van der Waals surface area contributed by atoms with E-state index in [2.05, 4.69) is 0 Å². The molecule has 1 aliphatic rings. The zero-order valence-corrected chi connectivity index (χ0v) is 8.36. The molecule has 2 heteroatoms. The standard InChI is InChI=1S/C12H15NO/c1-8-4-2-3-5-11(8)12(14)9-6-10(13)7-9/h2-5,9-10H,6-7,13H2,1H3. The molecule has 1 saturated carbocycles. The van der Waals surface area contributed by atoms with Crippen LogP contribution < -0.4 is 5.73 Å². The van der Waals surface area contributed by atoms with E-state index in [9.17, 15) is 4.79 Å². The van der Waals surface area contributed by atoms with Gasteiger partial charge >= 0.3 is 0 Å². The number of carbonyl (C=O) groups is 1. The molecule has 0 radical (unpaired) electrons. The lowest BCUT2D eigenvalue weighted by atomic mass is 9.76. The Kier molecular flexibility index (Phi) is 2.38. The first-order valence-corrected chi connectivity index (χ1v) is 5.04. The largest absolute Gasteiger partial charge is 0.328 e. The third-order valence-corrected chi connectivity index (χ3v) is 2.96. The van der Waals surface area contributed by atoms with E-state index in [1.165, 1.54) is 0 Å². The van der Waals surface area contributed by atoms with Gasteiger partial charge in [0.2, 0.25) is 0 Å². The SMILES string of the molecule is Cc1ccccc1C(=O)C1CC(N)C1. The Hall–Kier alpha value is -1.15. The van der Waals surface area contributed by atoms with Crippen molar-refractivity contribution in [2.75, 3.05) is 0 Å². The lowest BCUT2D eigenvalue weighted by Crippen LogP contribution is -2.40. The molecule has 2 rings (SSSR count). The van der Waals surface area contributed by atoms with Crippen LogP contribution in [-0.4, -0.2) is 11.8 Å². The Morgan fingerprint density at radius 1 is 1.36 bits per heavy atom. The second-order valence-corrected chi connectivity index (χ2v) is 4.11. The molecule has 0 bridgehead atoms. The molecule has 14 heavy (non-hydrogen) atoms. The minimum atomic E-state index is 0.172. The van der Waals surface area contributed by atoms with Gasteiger partial charge in [-0.2, -0.15) is 0 Å². The van der Waals surface area contributed by atoms with Crippen LogP contribution in [0.1, 0.15) is 28.8 Å². The number of benzene rings is 1. The summed E-state index contributed by atoms with van der Waals surface area (Å²) in [5, 5.41) is 0. The number of nitrogens with two attached hydrogens (primary N) is 1. The van der Waals surface area contributed by atoms with Gasteiger partial charge in [-0.1, -0.05) is 24.3 Å². The molecule has 0 spiro atoms. The highest BCUT2D eigenvalue weighted by Gasteiger charge is 2.32. The molecule has 1 aliphatic carbocycles. The molecule has 0 aliphatic heterocycles. The van der Waals surface area contributed by atoms with E-state index in [-0.39, 0.29) is 17.7 Å². The molecule has 2 nitrogen and oxygen atoms in total. The number of rotatable bonds is 2. The van der Waals surface area contributed by atoms with E-state index in [0.29, 0.717) is 0 Å². The summed E-state index contributed by atoms with van der Waals surface area (Å²) in [5.41, 5.74) is 7.60. The van der Waals surface area contributed by atoms with E-state index < -0.39 is 0 Å². The van der Waals surface area contributed by atoms with Crippen molar-refractivity contribution < 1.29 is 4.79 Å². The second kappa shape index (κ2) is 3.54. The van der Waals surface area contributed by atoms with Crippen LogP contribution in [0.3, 0.4) is 0 Å². The third-order valence-electron chi connectivity index (χ3n) is 2.96. The van der Waals surface area contributed by atoms with Gasteiger partial charge in [0.1, 0.15) is 0 Å². The molecule has 1 aromatic rings. The molecule has 0 aromatic heterocycles. The van der Waals surface area contributed by atoms with Crippen molar-refractivity contribution in [1.29, 1.82) is 0 Å². The number of hydrogen-bond acceptors (Lipinski definition) is 2. The lowest BCUT2D eigenvalue weighted by Gasteiger charge is -2.31. The number of carbonyl (C=O) groups excluding carboxylic acids is 1. The second-order valence-electron chi connectivity index (χ2n) is 4.11. The minimum Gasteiger partial charge on any atom is -0.328 e. The monoisotopic (exact) mass is 189 g/mol. The van der Waals surface area contributed by atoms with E-state index in [1.54, 1.807) is 0 Å². The van der Waals surface area contributed by atoms with Crippen molar-refractivity contribution in [3.8, 4) is 0 Å². The fourth-order valence-corrected chi connectivity index (χ4v) is 1.95. The molecule has 0 atom stereocenters. The van der Waals surface area contributed by atoms with Crippen molar-refractivity contribution >= 4 is 5.78 Å². The first-order chi connectivity index (χ1) is 6.68. The highest BCUT2D eigenvalue weighted by molar-refractivity contribution is 5.99. The Balaban J connectivity index is 2.16. The molecular formula is C12H15NO. The Morgan fingerprint density at radius 3 is 2.57 bits per heavy atom.